The SMILES string of the molecule is Cc1cc(O)c(Sc2nc3ccccc3s2)cc1NS(=O)(=O)c1ccc(Cl)cc1. The number of benzene rings is 3. The van der Waals surface area contributed by atoms with E-state index in [2.05, 4.69) is 9.71 Å². The van der Waals surface area contributed by atoms with Crippen LogP contribution in [0.15, 0.2) is 74.8 Å². The number of para-hydroxylation sites is 1. The summed E-state index contributed by atoms with van der Waals surface area (Å²) < 4.78 is 29.8. The molecule has 1 heterocycles. The number of thiazole rings is 1. The monoisotopic (exact) mass is 462 g/mol. The Bertz CT molecular complexity index is 1270. The van der Waals surface area contributed by atoms with Gasteiger partial charge in [0.1, 0.15) is 5.75 Å². The molecule has 0 atom stereocenters. The Morgan fingerprint density at radius 1 is 1.10 bits per heavy atom. The fourth-order valence-corrected chi connectivity index (χ4v) is 5.99. The Labute approximate surface area is 181 Å². The number of aromatic hydroxyl groups is 1. The van der Waals surface area contributed by atoms with Crippen LogP contribution in [0, 0.1) is 6.92 Å². The first-order valence-corrected chi connectivity index (χ1v) is 12.0. The summed E-state index contributed by atoms with van der Waals surface area (Å²) in [6, 6.07) is 16.9. The number of nitrogens with one attached hydrogen (secondary N) is 1. The first kappa shape index (κ1) is 20.0. The minimum atomic E-state index is -3.79. The maximum atomic E-state index is 12.7. The maximum Gasteiger partial charge on any atom is 0.261 e. The number of aryl methyl sites for hydroxylation is 1. The number of phenolic OH excluding ortho intramolecular Hbond substituents is 1. The van der Waals surface area contributed by atoms with Gasteiger partial charge < -0.3 is 5.11 Å². The van der Waals surface area contributed by atoms with Gasteiger partial charge in [-0.25, -0.2) is 13.4 Å². The van der Waals surface area contributed by atoms with Crippen molar-refractivity contribution in [2.75, 3.05) is 4.72 Å². The van der Waals surface area contributed by atoms with E-state index in [4.69, 9.17) is 11.6 Å². The number of hydrogen-bond acceptors (Lipinski definition) is 6. The van der Waals surface area contributed by atoms with Gasteiger partial charge in [0, 0.05) is 5.02 Å². The topological polar surface area (TPSA) is 79.3 Å². The summed E-state index contributed by atoms with van der Waals surface area (Å²) in [7, 11) is -3.79. The number of phenols is 1. The lowest BCUT2D eigenvalue weighted by Crippen LogP contribution is -2.13. The molecule has 0 aliphatic carbocycles. The summed E-state index contributed by atoms with van der Waals surface area (Å²) in [4.78, 5) is 5.17. The molecule has 4 aromatic rings. The Morgan fingerprint density at radius 3 is 2.55 bits per heavy atom. The Morgan fingerprint density at radius 2 is 1.83 bits per heavy atom. The van der Waals surface area contributed by atoms with Crippen molar-refractivity contribution in [3.8, 4) is 5.75 Å². The summed E-state index contributed by atoms with van der Waals surface area (Å²) in [5, 5.41) is 10.8. The molecule has 0 amide bonds. The van der Waals surface area contributed by atoms with E-state index in [0.717, 1.165) is 14.6 Å². The summed E-state index contributed by atoms with van der Waals surface area (Å²) in [6.07, 6.45) is 0. The van der Waals surface area contributed by atoms with E-state index in [1.807, 2.05) is 24.3 Å². The fourth-order valence-electron chi connectivity index (χ4n) is 2.67. The molecule has 0 saturated heterocycles. The van der Waals surface area contributed by atoms with Gasteiger partial charge in [0.15, 0.2) is 4.34 Å². The highest BCUT2D eigenvalue weighted by Crippen LogP contribution is 2.41. The van der Waals surface area contributed by atoms with E-state index in [-0.39, 0.29) is 10.6 Å². The number of sulfonamides is 1. The quantitative estimate of drug-likeness (QED) is 0.360. The zero-order valence-corrected chi connectivity index (χ0v) is 18.3. The molecule has 148 valence electrons. The van der Waals surface area contributed by atoms with Crippen molar-refractivity contribution >= 4 is 60.6 Å². The molecule has 3 aromatic carbocycles. The standard InChI is InChI=1S/C20H15ClN2O3S3/c1-12-10-17(24)19(28-20-22-15-4-2-3-5-18(15)27-20)11-16(12)23-29(25,26)14-8-6-13(21)7-9-14/h2-11,23-24H,1H3. The van der Waals surface area contributed by atoms with Crippen LogP contribution in [0.5, 0.6) is 5.75 Å². The van der Waals surface area contributed by atoms with Gasteiger partial charge in [-0.05, 0) is 61.0 Å². The van der Waals surface area contributed by atoms with Crippen LogP contribution in [0.1, 0.15) is 5.56 Å². The van der Waals surface area contributed by atoms with Gasteiger partial charge in [-0.3, -0.25) is 4.72 Å². The van der Waals surface area contributed by atoms with Crippen molar-refractivity contribution in [1.82, 2.24) is 4.98 Å². The van der Waals surface area contributed by atoms with Gasteiger partial charge in [0.05, 0.1) is 25.7 Å². The minimum Gasteiger partial charge on any atom is -0.507 e. The molecule has 0 saturated carbocycles. The molecule has 5 nitrogen and oxygen atoms in total. The van der Waals surface area contributed by atoms with Crippen LogP contribution in [0.3, 0.4) is 0 Å². The number of hydrogen-bond donors (Lipinski definition) is 2. The van der Waals surface area contributed by atoms with E-state index in [9.17, 15) is 13.5 Å². The normalized spacial score (nSPS) is 11.7. The molecule has 0 spiro atoms. The Hall–Kier alpha value is -2.26. The van der Waals surface area contributed by atoms with Crippen LogP contribution in [-0.2, 0) is 10.0 Å². The number of anilines is 1. The van der Waals surface area contributed by atoms with Gasteiger partial charge in [0.2, 0.25) is 0 Å². The highest BCUT2D eigenvalue weighted by Gasteiger charge is 2.18. The van der Waals surface area contributed by atoms with Crippen molar-refractivity contribution in [2.45, 2.75) is 21.1 Å². The van der Waals surface area contributed by atoms with Crippen molar-refractivity contribution < 1.29 is 13.5 Å². The molecule has 4 rings (SSSR count). The van der Waals surface area contributed by atoms with Crippen LogP contribution in [0.25, 0.3) is 10.2 Å². The van der Waals surface area contributed by atoms with Crippen LogP contribution >= 0.6 is 34.7 Å². The number of rotatable bonds is 5. The molecule has 29 heavy (non-hydrogen) atoms. The maximum absolute atomic E-state index is 12.7. The predicted octanol–water partition coefficient (Wildman–Crippen LogP) is 5.92. The van der Waals surface area contributed by atoms with Gasteiger partial charge in [-0.1, -0.05) is 35.5 Å². The number of halogens is 1. The third-order valence-electron chi connectivity index (χ3n) is 4.15. The van der Waals surface area contributed by atoms with Gasteiger partial charge in [0.25, 0.3) is 10.0 Å². The van der Waals surface area contributed by atoms with Crippen molar-refractivity contribution in [1.29, 1.82) is 0 Å². The average Bonchev–Trinajstić information content (AvgIpc) is 3.08. The first-order chi connectivity index (χ1) is 13.8. The Kier molecular flexibility index (Phi) is 5.44. The summed E-state index contributed by atoms with van der Waals surface area (Å²) in [5.41, 5.74) is 1.88. The number of nitrogens with zero attached hydrogens (tertiary/aromatic N) is 1. The molecular formula is C20H15ClN2O3S3. The lowest BCUT2D eigenvalue weighted by molar-refractivity contribution is 0.462. The molecule has 1 aromatic heterocycles. The van der Waals surface area contributed by atoms with Crippen LogP contribution in [-0.4, -0.2) is 18.5 Å². The lowest BCUT2D eigenvalue weighted by Gasteiger charge is -2.13. The minimum absolute atomic E-state index is 0.0706. The summed E-state index contributed by atoms with van der Waals surface area (Å²) >= 11 is 8.64. The van der Waals surface area contributed by atoms with Gasteiger partial charge >= 0.3 is 0 Å². The van der Waals surface area contributed by atoms with E-state index >= 15 is 0 Å². The summed E-state index contributed by atoms with van der Waals surface area (Å²) in [5.74, 6) is 0.0706. The first-order valence-electron chi connectivity index (χ1n) is 8.47. The van der Waals surface area contributed by atoms with Crippen LogP contribution in [0.2, 0.25) is 5.02 Å². The largest absolute Gasteiger partial charge is 0.507 e. The van der Waals surface area contributed by atoms with Crippen molar-refractivity contribution in [2.24, 2.45) is 0 Å². The zero-order chi connectivity index (χ0) is 20.6. The van der Waals surface area contributed by atoms with Gasteiger partial charge in [-0.15, -0.1) is 11.3 Å². The fraction of sp³-hybridized carbons (Fsp3) is 0.0500. The third kappa shape index (κ3) is 4.35. The van der Waals surface area contributed by atoms with Crippen LogP contribution in [0.4, 0.5) is 5.69 Å². The molecule has 2 N–H and O–H groups in total. The number of aromatic nitrogens is 1. The second kappa shape index (κ2) is 7.87. The van der Waals surface area contributed by atoms with Crippen LogP contribution < -0.4 is 4.72 Å². The second-order valence-electron chi connectivity index (χ2n) is 6.24. The molecule has 9 heteroatoms. The van der Waals surface area contributed by atoms with Gasteiger partial charge in [-0.2, -0.15) is 0 Å². The molecule has 0 aliphatic heterocycles. The number of fused-ring (bicyclic) bond motifs is 1. The van der Waals surface area contributed by atoms with E-state index in [1.165, 1.54) is 53.4 Å². The third-order valence-corrected chi connectivity index (χ3v) is 7.92. The average molecular weight is 463 g/mol. The van der Waals surface area contributed by atoms with E-state index in [1.54, 1.807) is 13.0 Å². The van der Waals surface area contributed by atoms with Crippen molar-refractivity contribution in [3.63, 3.8) is 0 Å². The smallest absolute Gasteiger partial charge is 0.261 e. The summed E-state index contributed by atoms with van der Waals surface area (Å²) in [6.45, 7) is 1.73. The van der Waals surface area contributed by atoms with E-state index < -0.39 is 10.0 Å². The molecule has 0 unspecified atom stereocenters. The highest BCUT2D eigenvalue weighted by atomic mass is 35.5. The highest BCUT2D eigenvalue weighted by molar-refractivity contribution is 8.01. The molecule has 0 bridgehead atoms. The second-order valence-corrected chi connectivity index (χ2v) is 10.7. The molecular weight excluding hydrogens is 448 g/mol. The van der Waals surface area contributed by atoms with Crippen molar-refractivity contribution in [3.05, 3.63) is 71.2 Å². The molecule has 0 fully saturated rings. The molecule has 0 aliphatic rings. The predicted molar refractivity (Wildman–Crippen MR) is 119 cm³/mol. The zero-order valence-electron chi connectivity index (χ0n) is 15.1. The van der Waals surface area contributed by atoms with E-state index in [0.29, 0.717) is 21.2 Å². The lowest BCUT2D eigenvalue weighted by atomic mass is 10.2. The Balaban J connectivity index is 1.65. The molecule has 0 radical (unpaired) electrons.